The molecule has 1 saturated heterocycles. The maximum absolute atomic E-state index is 12.3. The number of aryl methyl sites for hydroxylation is 2. The molecule has 1 fully saturated rings. The SMILES string of the molecule is Cc1nn(C)c(C)c1S(=O)(=O)NCC1CCC(C(=O)O)O1. The zero-order valence-corrected chi connectivity index (χ0v) is 13.0. The predicted molar refractivity (Wildman–Crippen MR) is 73.4 cm³/mol. The van der Waals surface area contributed by atoms with Crippen LogP contribution in [-0.4, -0.2) is 48.0 Å². The fraction of sp³-hybridized carbons (Fsp3) is 0.667. The Labute approximate surface area is 123 Å². The van der Waals surface area contributed by atoms with E-state index in [9.17, 15) is 13.2 Å². The molecule has 1 aliphatic rings. The van der Waals surface area contributed by atoms with Crippen LogP contribution in [0.3, 0.4) is 0 Å². The van der Waals surface area contributed by atoms with Gasteiger partial charge in [0.25, 0.3) is 0 Å². The Morgan fingerprint density at radius 2 is 2.14 bits per heavy atom. The average Bonchev–Trinajstić information content (AvgIpc) is 2.93. The first kappa shape index (κ1) is 15.9. The molecular weight excluding hydrogens is 298 g/mol. The normalized spacial score (nSPS) is 22.6. The summed E-state index contributed by atoms with van der Waals surface area (Å²) in [5, 5.41) is 12.9. The van der Waals surface area contributed by atoms with Crippen molar-refractivity contribution in [1.82, 2.24) is 14.5 Å². The molecule has 0 amide bonds. The molecule has 1 aromatic heterocycles. The third-order valence-corrected chi connectivity index (χ3v) is 5.27. The second-order valence-corrected chi connectivity index (χ2v) is 6.84. The second-order valence-electron chi connectivity index (χ2n) is 5.14. The van der Waals surface area contributed by atoms with Gasteiger partial charge in [0.05, 0.1) is 17.5 Å². The summed E-state index contributed by atoms with van der Waals surface area (Å²) in [5.74, 6) is -1.01. The Hall–Kier alpha value is -1.45. The summed E-state index contributed by atoms with van der Waals surface area (Å²) in [6.07, 6.45) is -0.350. The number of carboxylic acids is 1. The summed E-state index contributed by atoms with van der Waals surface area (Å²) in [6.45, 7) is 3.37. The van der Waals surface area contributed by atoms with Crippen molar-refractivity contribution in [3.05, 3.63) is 11.4 Å². The molecule has 2 unspecified atom stereocenters. The number of aliphatic carboxylic acids is 1. The van der Waals surface area contributed by atoms with Gasteiger partial charge >= 0.3 is 5.97 Å². The van der Waals surface area contributed by atoms with Gasteiger partial charge in [-0.2, -0.15) is 5.10 Å². The second kappa shape index (κ2) is 5.74. The minimum absolute atomic E-state index is 0.0554. The number of hydrogen-bond acceptors (Lipinski definition) is 5. The van der Waals surface area contributed by atoms with Gasteiger partial charge in [-0.05, 0) is 26.7 Å². The molecular formula is C12H19N3O5S. The molecule has 9 heteroatoms. The monoisotopic (exact) mass is 317 g/mol. The van der Waals surface area contributed by atoms with Gasteiger partial charge in [-0.25, -0.2) is 17.9 Å². The van der Waals surface area contributed by atoms with Crippen LogP contribution in [0, 0.1) is 13.8 Å². The summed E-state index contributed by atoms with van der Waals surface area (Å²) in [6, 6.07) is 0. The molecule has 0 saturated carbocycles. The fourth-order valence-electron chi connectivity index (χ4n) is 2.46. The number of nitrogens with zero attached hydrogens (tertiary/aromatic N) is 2. The van der Waals surface area contributed by atoms with Crippen LogP contribution >= 0.6 is 0 Å². The van der Waals surface area contributed by atoms with Crippen LogP contribution in [-0.2, 0) is 26.6 Å². The topological polar surface area (TPSA) is 111 Å². The molecule has 21 heavy (non-hydrogen) atoms. The van der Waals surface area contributed by atoms with E-state index in [1.807, 2.05) is 0 Å². The third-order valence-electron chi connectivity index (χ3n) is 3.60. The number of rotatable bonds is 5. The quantitative estimate of drug-likeness (QED) is 0.787. The molecule has 0 aliphatic carbocycles. The van der Waals surface area contributed by atoms with Crippen molar-refractivity contribution in [1.29, 1.82) is 0 Å². The van der Waals surface area contributed by atoms with E-state index < -0.39 is 28.2 Å². The van der Waals surface area contributed by atoms with Crippen LogP contribution in [0.1, 0.15) is 24.2 Å². The summed E-state index contributed by atoms with van der Waals surface area (Å²) >= 11 is 0. The van der Waals surface area contributed by atoms with E-state index in [1.54, 1.807) is 20.9 Å². The highest BCUT2D eigenvalue weighted by Gasteiger charge is 2.32. The van der Waals surface area contributed by atoms with Crippen LogP contribution in [0.15, 0.2) is 4.90 Å². The summed E-state index contributed by atoms with van der Waals surface area (Å²) in [7, 11) is -2.01. The van der Waals surface area contributed by atoms with Crippen LogP contribution in [0.4, 0.5) is 0 Å². The van der Waals surface area contributed by atoms with E-state index >= 15 is 0 Å². The molecule has 1 aliphatic heterocycles. The van der Waals surface area contributed by atoms with Crippen molar-refractivity contribution in [2.75, 3.05) is 6.54 Å². The third kappa shape index (κ3) is 3.25. The van der Waals surface area contributed by atoms with E-state index in [2.05, 4.69) is 9.82 Å². The zero-order chi connectivity index (χ0) is 15.8. The summed E-state index contributed by atoms with van der Waals surface area (Å²) in [4.78, 5) is 11.0. The van der Waals surface area contributed by atoms with Gasteiger partial charge in [-0.15, -0.1) is 0 Å². The molecule has 8 nitrogen and oxygen atoms in total. The Morgan fingerprint density at radius 1 is 1.48 bits per heavy atom. The van der Waals surface area contributed by atoms with Gasteiger partial charge < -0.3 is 9.84 Å². The van der Waals surface area contributed by atoms with E-state index in [1.165, 1.54) is 4.68 Å². The lowest BCUT2D eigenvalue weighted by molar-refractivity contribution is -0.149. The molecule has 2 heterocycles. The summed E-state index contributed by atoms with van der Waals surface area (Å²) < 4.78 is 33.9. The summed E-state index contributed by atoms with van der Waals surface area (Å²) in [5.41, 5.74) is 0.981. The lowest BCUT2D eigenvalue weighted by Gasteiger charge is -2.13. The molecule has 0 spiro atoms. The largest absolute Gasteiger partial charge is 0.479 e. The van der Waals surface area contributed by atoms with Gasteiger partial charge in [-0.3, -0.25) is 4.68 Å². The van der Waals surface area contributed by atoms with Gasteiger partial charge in [0.15, 0.2) is 6.10 Å². The molecule has 1 aromatic rings. The molecule has 2 N–H and O–H groups in total. The number of sulfonamides is 1. The number of hydrogen-bond donors (Lipinski definition) is 2. The number of ether oxygens (including phenoxy) is 1. The fourth-order valence-corrected chi connectivity index (χ4v) is 3.96. The van der Waals surface area contributed by atoms with Gasteiger partial charge in [0.1, 0.15) is 4.90 Å². The van der Waals surface area contributed by atoms with E-state index in [0.29, 0.717) is 24.2 Å². The highest BCUT2D eigenvalue weighted by Crippen LogP contribution is 2.21. The first-order chi connectivity index (χ1) is 9.72. The Bertz CT molecular complexity index is 652. The molecule has 2 atom stereocenters. The molecule has 0 aromatic carbocycles. The maximum Gasteiger partial charge on any atom is 0.332 e. The molecule has 0 bridgehead atoms. The lowest BCUT2D eigenvalue weighted by Crippen LogP contribution is -2.33. The van der Waals surface area contributed by atoms with E-state index in [4.69, 9.17) is 9.84 Å². The van der Waals surface area contributed by atoms with Gasteiger partial charge in [0, 0.05) is 13.6 Å². The molecule has 0 radical (unpaired) electrons. The first-order valence-electron chi connectivity index (χ1n) is 6.60. The van der Waals surface area contributed by atoms with Crippen LogP contribution in [0.5, 0.6) is 0 Å². The average molecular weight is 317 g/mol. The van der Waals surface area contributed by atoms with Crippen molar-refractivity contribution in [2.45, 2.75) is 43.8 Å². The highest BCUT2D eigenvalue weighted by molar-refractivity contribution is 7.89. The Kier molecular flexibility index (Phi) is 4.35. The minimum Gasteiger partial charge on any atom is -0.479 e. The Morgan fingerprint density at radius 3 is 2.62 bits per heavy atom. The van der Waals surface area contributed by atoms with Crippen LogP contribution in [0.2, 0.25) is 0 Å². The lowest BCUT2D eigenvalue weighted by atomic mass is 10.2. The van der Waals surface area contributed by atoms with E-state index in [0.717, 1.165) is 0 Å². The smallest absolute Gasteiger partial charge is 0.332 e. The highest BCUT2D eigenvalue weighted by atomic mass is 32.2. The number of aromatic nitrogens is 2. The predicted octanol–water partition coefficient (Wildman–Crippen LogP) is -0.0526. The van der Waals surface area contributed by atoms with Crippen molar-refractivity contribution < 1.29 is 23.1 Å². The minimum atomic E-state index is -3.69. The number of carbonyl (C=O) groups is 1. The molecule has 2 rings (SSSR count). The molecule has 118 valence electrons. The van der Waals surface area contributed by atoms with Crippen molar-refractivity contribution in [3.63, 3.8) is 0 Å². The van der Waals surface area contributed by atoms with E-state index in [-0.39, 0.29) is 11.4 Å². The van der Waals surface area contributed by atoms with Crippen molar-refractivity contribution in [2.24, 2.45) is 7.05 Å². The number of carboxylic acid groups (broad SMARTS) is 1. The Balaban J connectivity index is 2.04. The van der Waals surface area contributed by atoms with Crippen LogP contribution in [0.25, 0.3) is 0 Å². The van der Waals surface area contributed by atoms with Crippen molar-refractivity contribution in [3.8, 4) is 0 Å². The van der Waals surface area contributed by atoms with Crippen molar-refractivity contribution >= 4 is 16.0 Å². The first-order valence-corrected chi connectivity index (χ1v) is 8.09. The van der Waals surface area contributed by atoms with Gasteiger partial charge in [0.2, 0.25) is 10.0 Å². The maximum atomic E-state index is 12.3. The standard InChI is InChI=1S/C12H19N3O5S/c1-7-11(8(2)15(3)14-7)21(18,19)13-6-9-4-5-10(20-9)12(16)17/h9-10,13H,4-6H2,1-3H3,(H,16,17). The zero-order valence-electron chi connectivity index (χ0n) is 12.2. The number of nitrogens with one attached hydrogen (secondary N) is 1. The van der Waals surface area contributed by atoms with Crippen LogP contribution < -0.4 is 4.72 Å². The van der Waals surface area contributed by atoms with Gasteiger partial charge in [-0.1, -0.05) is 0 Å².